The molecule has 1 aromatic heterocycles. The highest BCUT2D eigenvalue weighted by molar-refractivity contribution is 7.99. The molecular weight excluding hydrogens is 430 g/mol. The molecule has 0 bridgehead atoms. The molecule has 0 aliphatic carbocycles. The van der Waals surface area contributed by atoms with E-state index < -0.39 is 0 Å². The number of nitrogens with zero attached hydrogens (tertiary/aromatic N) is 3. The van der Waals surface area contributed by atoms with Crippen LogP contribution < -0.4 is 10.6 Å². The smallest absolute Gasteiger partial charge is 0.255 e. The minimum atomic E-state index is -0.293. The fourth-order valence-corrected chi connectivity index (χ4v) is 4.65. The molecule has 2 amide bonds. The number of halogens is 1. The molecule has 4 rings (SSSR count). The Morgan fingerprint density at radius 3 is 2.97 bits per heavy atom. The molecule has 2 heterocycles. The van der Waals surface area contributed by atoms with Crippen molar-refractivity contribution in [3.63, 3.8) is 0 Å². The van der Waals surface area contributed by atoms with E-state index in [9.17, 15) is 9.59 Å². The predicted octanol–water partition coefficient (Wildman–Crippen LogP) is 4.31. The molecule has 0 atom stereocenters. The topological polar surface area (TPSA) is 88.9 Å². The van der Waals surface area contributed by atoms with Crippen LogP contribution in [0.3, 0.4) is 0 Å². The Balaban J connectivity index is 1.59. The van der Waals surface area contributed by atoms with E-state index in [-0.39, 0.29) is 11.8 Å². The van der Waals surface area contributed by atoms with Crippen molar-refractivity contribution in [1.29, 1.82) is 0 Å². The van der Waals surface area contributed by atoms with E-state index in [1.54, 1.807) is 46.9 Å². The molecule has 0 unspecified atom stereocenters. The first-order valence-electron chi connectivity index (χ1n) is 8.69. The van der Waals surface area contributed by atoms with Crippen molar-refractivity contribution in [2.24, 2.45) is 7.05 Å². The third kappa shape index (κ3) is 4.58. The maximum absolute atomic E-state index is 12.9. The van der Waals surface area contributed by atoms with E-state index in [0.29, 0.717) is 33.5 Å². The quantitative estimate of drug-likeness (QED) is 0.622. The lowest BCUT2D eigenvalue weighted by atomic mass is 10.1. The molecule has 2 N–H and O–H groups in total. The molecule has 7 nitrogen and oxygen atoms in total. The normalized spacial score (nSPS) is 13.4. The van der Waals surface area contributed by atoms with Gasteiger partial charge in [-0.05, 0) is 48.2 Å². The Bertz CT molecular complexity index is 1100. The molecule has 0 radical (unpaired) electrons. The minimum absolute atomic E-state index is 0.0500. The highest BCUT2D eigenvalue weighted by atomic mass is 35.5. The first kappa shape index (κ1) is 19.8. The summed E-state index contributed by atoms with van der Waals surface area (Å²) in [4.78, 5) is 26.4. The van der Waals surface area contributed by atoms with Crippen molar-refractivity contribution in [2.45, 2.75) is 21.4 Å². The molecule has 0 saturated carbocycles. The molecule has 1 aliphatic rings. The number of amides is 2. The second kappa shape index (κ2) is 8.48. The fraction of sp³-hybridized carbons (Fsp3) is 0.158. The number of nitrogens with one attached hydrogen (secondary N) is 2. The van der Waals surface area contributed by atoms with Crippen LogP contribution >= 0.6 is 35.1 Å². The Hall–Kier alpha value is -2.49. The second-order valence-corrected chi connectivity index (χ2v) is 8.86. The first-order valence-corrected chi connectivity index (χ1v) is 10.9. The van der Waals surface area contributed by atoms with E-state index in [0.717, 1.165) is 15.5 Å². The highest BCUT2D eigenvalue weighted by Crippen LogP contribution is 2.35. The molecule has 0 spiro atoms. The van der Waals surface area contributed by atoms with Crippen molar-refractivity contribution < 1.29 is 9.59 Å². The van der Waals surface area contributed by atoms with Gasteiger partial charge in [0, 0.05) is 39.6 Å². The number of benzene rings is 2. The average molecular weight is 446 g/mol. The minimum Gasteiger partial charge on any atom is -0.325 e. The molecule has 148 valence electrons. The molecule has 2 aromatic carbocycles. The average Bonchev–Trinajstić information content (AvgIpc) is 2.99. The largest absolute Gasteiger partial charge is 0.325 e. The van der Waals surface area contributed by atoms with Crippen molar-refractivity contribution in [3.05, 3.63) is 53.3 Å². The molecule has 10 heteroatoms. The molecule has 29 heavy (non-hydrogen) atoms. The summed E-state index contributed by atoms with van der Waals surface area (Å²) in [7, 11) is 1.85. The van der Waals surface area contributed by atoms with E-state index in [1.165, 1.54) is 11.8 Å². The summed E-state index contributed by atoms with van der Waals surface area (Å²) in [5, 5.41) is 14.9. The van der Waals surface area contributed by atoms with Gasteiger partial charge in [-0.15, -0.1) is 22.0 Å². The molecule has 1 aliphatic heterocycles. The zero-order valence-electron chi connectivity index (χ0n) is 15.3. The van der Waals surface area contributed by atoms with Crippen molar-refractivity contribution in [3.8, 4) is 0 Å². The number of hydrogen-bond donors (Lipinski definition) is 2. The van der Waals surface area contributed by atoms with Gasteiger partial charge in [0.05, 0.1) is 11.4 Å². The standard InChI is InChI=1S/C19H16ClN5O2S2/c1-25-10-21-24-19(25)29-16-5-3-12(20)9-14(16)23-18(27)11-2-4-15-13(8-11)22-17(26)6-7-28-15/h2-5,8-10H,6-7H2,1H3,(H,22,26)(H,23,27). The summed E-state index contributed by atoms with van der Waals surface area (Å²) >= 11 is 9.11. The van der Waals surface area contributed by atoms with Gasteiger partial charge >= 0.3 is 0 Å². The zero-order valence-corrected chi connectivity index (χ0v) is 17.7. The van der Waals surface area contributed by atoms with Gasteiger partial charge in [0.25, 0.3) is 5.91 Å². The highest BCUT2D eigenvalue weighted by Gasteiger charge is 2.17. The third-order valence-corrected chi connectivity index (χ3v) is 6.60. The number of fused-ring (bicyclic) bond motifs is 1. The van der Waals surface area contributed by atoms with Gasteiger partial charge in [-0.2, -0.15) is 0 Å². The maximum atomic E-state index is 12.9. The van der Waals surface area contributed by atoms with Crippen LogP contribution in [0.5, 0.6) is 0 Å². The van der Waals surface area contributed by atoms with E-state index in [2.05, 4.69) is 20.8 Å². The van der Waals surface area contributed by atoms with Gasteiger partial charge in [-0.25, -0.2) is 0 Å². The van der Waals surface area contributed by atoms with Gasteiger partial charge in [-0.3, -0.25) is 9.59 Å². The Morgan fingerprint density at radius 2 is 2.17 bits per heavy atom. The predicted molar refractivity (Wildman–Crippen MR) is 115 cm³/mol. The van der Waals surface area contributed by atoms with Crippen LogP contribution in [-0.2, 0) is 11.8 Å². The van der Waals surface area contributed by atoms with Gasteiger partial charge in [0.2, 0.25) is 5.91 Å². The number of rotatable bonds is 4. The summed E-state index contributed by atoms with van der Waals surface area (Å²) in [5.41, 5.74) is 1.68. The number of carbonyl (C=O) groups excluding carboxylic acids is 2. The van der Waals surface area contributed by atoms with Crippen LogP contribution in [0.4, 0.5) is 11.4 Å². The maximum Gasteiger partial charge on any atom is 0.255 e. The van der Waals surface area contributed by atoms with Crippen LogP contribution in [0.2, 0.25) is 5.02 Å². The number of hydrogen-bond acceptors (Lipinski definition) is 6. The summed E-state index contributed by atoms with van der Waals surface area (Å²) in [6.45, 7) is 0. The molecule has 0 fully saturated rings. The second-order valence-electron chi connectivity index (χ2n) is 6.28. The molecular formula is C19H16ClN5O2S2. The van der Waals surface area contributed by atoms with Crippen LogP contribution in [0, 0.1) is 0 Å². The Kier molecular flexibility index (Phi) is 5.79. The Labute approximate surface area is 180 Å². The summed E-state index contributed by atoms with van der Waals surface area (Å²) in [6, 6.07) is 10.6. The van der Waals surface area contributed by atoms with E-state index >= 15 is 0 Å². The van der Waals surface area contributed by atoms with E-state index in [4.69, 9.17) is 11.6 Å². The number of aryl methyl sites for hydroxylation is 1. The molecule has 0 saturated heterocycles. The van der Waals surface area contributed by atoms with Gasteiger partial charge in [0.15, 0.2) is 5.16 Å². The van der Waals surface area contributed by atoms with Crippen molar-refractivity contribution >= 4 is 58.3 Å². The van der Waals surface area contributed by atoms with Gasteiger partial charge in [-0.1, -0.05) is 11.6 Å². The summed E-state index contributed by atoms with van der Waals surface area (Å²) in [5.74, 6) is 0.375. The third-order valence-electron chi connectivity index (χ3n) is 4.16. The number of anilines is 2. The number of aromatic nitrogens is 3. The molecule has 3 aromatic rings. The monoisotopic (exact) mass is 445 g/mol. The van der Waals surface area contributed by atoms with E-state index in [1.807, 2.05) is 19.2 Å². The van der Waals surface area contributed by atoms with Crippen molar-refractivity contribution in [1.82, 2.24) is 14.8 Å². The summed E-state index contributed by atoms with van der Waals surface area (Å²) < 4.78 is 1.79. The lowest BCUT2D eigenvalue weighted by Crippen LogP contribution is -2.14. The van der Waals surface area contributed by atoms with Crippen LogP contribution in [0.1, 0.15) is 16.8 Å². The van der Waals surface area contributed by atoms with Crippen LogP contribution in [-0.4, -0.2) is 32.3 Å². The lowest BCUT2D eigenvalue weighted by Gasteiger charge is -2.12. The van der Waals surface area contributed by atoms with Crippen LogP contribution in [0.25, 0.3) is 0 Å². The number of thioether (sulfide) groups is 1. The first-order chi connectivity index (χ1) is 14.0. The van der Waals surface area contributed by atoms with Gasteiger partial charge < -0.3 is 15.2 Å². The Morgan fingerprint density at radius 1 is 1.31 bits per heavy atom. The number of carbonyl (C=O) groups is 2. The van der Waals surface area contributed by atoms with Crippen molar-refractivity contribution in [2.75, 3.05) is 16.4 Å². The summed E-state index contributed by atoms with van der Waals surface area (Å²) in [6.07, 6.45) is 2.06. The van der Waals surface area contributed by atoms with Gasteiger partial charge in [0.1, 0.15) is 6.33 Å². The fourth-order valence-electron chi connectivity index (χ4n) is 2.71. The zero-order chi connectivity index (χ0) is 20.4. The lowest BCUT2D eigenvalue weighted by molar-refractivity contribution is -0.115. The van der Waals surface area contributed by atoms with Crippen LogP contribution in [0.15, 0.2) is 57.7 Å². The SMILES string of the molecule is Cn1cnnc1Sc1ccc(Cl)cc1NC(=O)c1ccc2c(c1)NC(=O)CCS2.